The number of nitrogens with one attached hydrogen (secondary N) is 1. The monoisotopic (exact) mass is 394 g/mol. The van der Waals surface area contributed by atoms with Gasteiger partial charge in [0.2, 0.25) is 0 Å². The van der Waals surface area contributed by atoms with Crippen LogP contribution in [0.1, 0.15) is 26.6 Å². The lowest BCUT2D eigenvalue weighted by Gasteiger charge is -2.09. The summed E-state index contributed by atoms with van der Waals surface area (Å²) in [6.45, 7) is -0.0474. The van der Waals surface area contributed by atoms with Crippen molar-refractivity contribution in [2.24, 2.45) is 0 Å². The van der Waals surface area contributed by atoms with Crippen LogP contribution in [0.4, 0.5) is 5.69 Å². The Balaban J connectivity index is 1.43. The zero-order valence-electron chi connectivity index (χ0n) is 14.5. The van der Waals surface area contributed by atoms with Crippen molar-refractivity contribution in [3.8, 4) is 10.6 Å². The summed E-state index contributed by atoms with van der Waals surface area (Å²) in [4.78, 5) is 25.6. The maximum absolute atomic E-state index is 12.5. The molecule has 0 aliphatic carbocycles. The Morgan fingerprint density at radius 3 is 2.79 bits per heavy atom. The second-order valence-corrected chi connectivity index (χ2v) is 6.66. The van der Waals surface area contributed by atoms with Crippen molar-refractivity contribution in [2.75, 3.05) is 5.32 Å². The van der Waals surface area contributed by atoms with Crippen LogP contribution < -0.4 is 5.32 Å². The van der Waals surface area contributed by atoms with Gasteiger partial charge in [0.15, 0.2) is 11.5 Å². The van der Waals surface area contributed by atoms with Crippen LogP contribution in [-0.4, -0.2) is 17.0 Å². The molecular weight excluding hydrogens is 380 g/mol. The number of carbonyl (C=O) groups is 2. The highest BCUT2D eigenvalue weighted by molar-refractivity contribution is 7.13. The van der Waals surface area contributed by atoms with E-state index in [0.717, 1.165) is 4.88 Å². The lowest BCUT2D eigenvalue weighted by Crippen LogP contribution is -2.15. The van der Waals surface area contributed by atoms with Crippen molar-refractivity contribution in [1.29, 1.82) is 0 Å². The largest absolute Gasteiger partial charge is 0.459 e. The fourth-order valence-corrected chi connectivity index (χ4v) is 3.17. The molecule has 1 N–H and O–H groups in total. The van der Waals surface area contributed by atoms with Crippen molar-refractivity contribution in [3.05, 3.63) is 83.3 Å². The number of rotatable bonds is 6. The Hall–Kier alpha value is -3.65. The number of carbonyl (C=O) groups excluding carboxylic acids is 2. The summed E-state index contributed by atoms with van der Waals surface area (Å²) in [5.74, 6) is -0.280. The van der Waals surface area contributed by atoms with Gasteiger partial charge < -0.3 is 19.0 Å². The number of hydrogen-bond acceptors (Lipinski definition) is 7. The molecule has 7 nitrogen and oxygen atoms in total. The number of ether oxygens (including phenoxy) is 1. The molecule has 4 rings (SSSR count). The van der Waals surface area contributed by atoms with Gasteiger partial charge in [0, 0.05) is 6.07 Å². The van der Waals surface area contributed by atoms with Crippen LogP contribution in [-0.2, 0) is 11.3 Å². The summed E-state index contributed by atoms with van der Waals surface area (Å²) in [5.41, 5.74) is 1.05. The van der Waals surface area contributed by atoms with Gasteiger partial charge in [0.25, 0.3) is 5.91 Å². The molecule has 0 saturated carbocycles. The number of benzene rings is 1. The van der Waals surface area contributed by atoms with E-state index in [1.54, 1.807) is 36.4 Å². The number of furan rings is 1. The number of esters is 1. The van der Waals surface area contributed by atoms with Gasteiger partial charge in [0.05, 0.1) is 22.4 Å². The molecular formula is C20H14N2O5S. The summed E-state index contributed by atoms with van der Waals surface area (Å²) in [7, 11) is 0. The molecule has 0 radical (unpaired) electrons. The van der Waals surface area contributed by atoms with E-state index < -0.39 is 11.9 Å². The quantitative estimate of drug-likeness (QED) is 0.480. The van der Waals surface area contributed by atoms with Crippen LogP contribution in [0.3, 0.4) is 0 Å². The minimum absolute atomic E-state index is 0.0474. The molecule has 1 aromatic carbocycles. The summed E-state index contributed by atoms with van der Waals surface area (Å²) in [6, 6.07) is 15.3. The maximum Gasteiger partial charge on any atom is 0.340 e. The molecule has 0 bridgehead atoms. The number of para-hydroxylation sites is 1. The Kier molecular flexibility index (Phi) is 5.03. The number of aromatic nitrogens is 1. The number of thiophene rings is 1. The number of hydrogen-bond donors (Lipinski definition) is 1. The van der Waals surface area contributed by atoms with Crippen molar-refractivity contribution >= 4 is 28.9 Å². The Labute approximate surface area is 163 Å². The highest BCUT2D eigenvalue weighted by Crippen LogP contribution is 2.25. The van der Waals surface area contributed by atoms with E-state index in [9.17, 15) is 9.59 Å². The van der Waals surface area contributed by atoms with Gasteiger partial charge in [-0.05, 0) is 35.7 Å². The van der Waals surface area contributed by atoms with Gasteiger partial charge in [-0.2, -0.15) is 0 Å². The van der Waals surface area contributed by atoms with Gasteiger partial charge in [-0.1, -0.05) is 23.4 Å². The Bertz CT molecular complexity index is 1080. The highest BCUT2D eigenvalue weighted by Gasteiger charge is 2.17. The molecule has 3 aromatic heterocycles. The van der Waals surface area contributed by atoms with E-state index >= 15 is 0 Å². The molecule has 3 heterocycles. The second kappa shape index (κ2) is 7.93. The molecule has 0 aliphatic heterocycles. The lowest BCUT2D eigenvalue weighted by molar-refractivity contribution is 0.0465. The van der Waals surface area contributed by atoms with E-state index in [2.05, 4.69) is 10.5 Å². The first-order valence-corrected chi connectivity index (χ1v) is 9.19. The molecule has 4 aromatic rings. The fraction of sp³-hybridized carbons (Fsp3) is 0.0500. The van der Waals surface area contributed by atoms with Crippen LogP contribution >= 0.6 is 11.3 Å². The third-order valence-electron chi connectivity index (χ3n) is 3.81. The smallest absolute Gasteiger partial charge is 0.340 e. The highest BCUT2D eigenvalue weighted by atomic mass is 32.1. The standard InChI is InChI=1S/C20H14N2O5S/c23-19(16-7-3-9-25-16)21-15-6-2-1-5-14(15)20(24)26-12-13-11-17(27-22-13)18-8-4-10-28-18/h1-11H,12H2,(H,21,23). The molecule has 1 amide bonds. The Morgan fingerprint density at radius 1 is 1.11 bits per heavy atom. The van der Waals surface area contributed by atoms with E-state index in [0.29, 0.717) is 17.1 Å². The van der Waals surface area contributed by atoms with Crippen LogP contribution in [0, 0.1) is 0 Å². The van der Waals surface area contributed by atoms with Gasteiger partial charge in [-0.3, -0.25) is 4.79 Å². The predicted molar refractivity (Wildman–Crippen MR) is 102 cm³/mol. The van der Waals surface area contributed by atoms with Crippen molar-refractivity contribution < 1.29 is 23.3 Å². The first-order chi connectivity index (χ1) is 13.7. The average Bonchev–Trinajstić information content (AvgIpc) is 3.48. The van der Waals surface area contributed by atoms with Crippen molar-refractivity contribution in [1.82, 2.24) is 5.16 Å². The number of anilines is 1. The van der Waals surface area contributed by atoms with Crippen LogP contribution in [0.5, 0.6) is 0 Å². The van der Waals surface area contributed by atoms with E-state index in [1.807, 2.05) is 17.5 Å². The Morgan fingerprint density at radius 2 is 2.00 bits per heavy atom. The second-order valence-electron chi connectivity index (χ2n) is 5.71. The zero-order chi connectivity index (χ0) is 19.3. The summed E-state index contributed by atoms with van der Waals surface area (Å²) >= 11 is 1.53. The molecule has 0 unspecified atom stereocenters. The van der Waals surface area contributed by atoms with E-state index in [-0.39, 0.29) is 17.9 Å². The van der Waals surface area contributed by atoms with Gasteiger partial charge in [-0.15, -0.1) is 11.3 Å². The fourth-order valence-electron chi connectivity index (χ4n) is 2.49. The van der Waals surface area contributed by atoms with E-state index in [4.69, 9.17) is 13.7 Å². The van der Waals surface area contributed by atoms with E-state index in [1.165, 1.54) is 23.7 Å². The van der Waals surface area contributed by atoms with Crippen molar-refractivity contribution in [2.45, 2.75) is 6.61 Å². The van der Waals surface area contributed by atoms with Crippen LogP contribution in [0.25, 0.3) is 10.6 Å². The third kappa shape index (κ3) is 3.86. The maximum atomic E-state index is 12.5. The van der Waals surface area contributed by atoms with Gasteiger partial charge in [0.1, 0.15) is 12.3 Å². The van der Waals surface area contributed by atoms with Crippen molar-refractivity contribution in [3.63, 3.8) is 0 Å². The third-order valence-corrected chi connectivity index (χ3v) is 4.70. The lowest BCUT2D eigenvalue weighted by atomic mass is 10.1. The average molecular weight is 394 g/mol. The zero-order valence-corrected chi connectivity index (χ0v) is 15.3. The summed E-state index contributed by atoms with van der Waals surface area (Å²) in [6.07, 6.45) is 1.40. The minimum atomic E-state index is -0.587. The molecule has 28 heavy (non-hydrogen) atoms. The number of amides is 1. The SMILES string of the molecule is O=C(Nc1ccccc1C(=O)OCc1cc(-c2cccs2)on1)c1ccco1. The van der Waals surface area contributed by atoms with Crippen LogP contribution in [0.2, 0.25) is 0 Å². The van der Waals surface area contributed by atoms with Gasteiger partial charge in [-0.25, -0.2) is 4.79 Å². The number of nitrogens with zero attached hydrogens (tertiary/aromatic N) is 1. The molecule has 0 saturated heterocycles. The molecule has 140 valence electrons. The van der Waals surface area contributed by atoms with Gasteiger partial charge >= 0.3 is 5.97 Å². The summed E-state index contributed by atoms with van der Waals surface area (Å²) in [5, 5.41) is 8.50. The van der Waals surface area contributed by atoms with Crippen LogP contribution in [0.15, 0.2) is 75.2 Å². The molecule has 0 aliphatic rings. The predicted octanol–water partition coefficient (Wildman–Crippen LogP) is 4.61. The molecule has 8 heteroatoms. The first kappa shape index (κ1) is 17.7. The molecule has 0 fully saturated rings. The molecule has 0 spiro atoms. The molecule has 0 atom stereocenters. The first-order valence-electron chi connectivity index (χ1n) is 8.31. The summed E-state index contributed by atoms with van der Waals surface area (Å²) < 4.78 is 15.7. The minimum Gasteiger partial charge on any atom is -0.459 e. The normalized spacial score (nSPS) is 10.6. The topological polar surface area (TPSA) is 94.6 Å².